The van der Waals surface area contributed by atoms with E-state index in [-0.39, 0.29) is 29.2 Å². The molecule has 6 heterocycles. The number of nitrogens with one attached hydrogen (secondary N) is 3. The van der Waals surface area contributed by atoms with E-state index < -0.39 is 64.7 Å². The van der Waals surface area contributed by atoms with Gasteiger partial charge in [0.15, 0.2) is 0 Å². The Labute approximate surface area is 570 Å². The Morgan fingerprint density at radius 1 is 0.771 bits per heavy atom. The van der Waals surface area contributed by atoms with E-state index in [0.717, 1.165) is 145 Å². The van der Waals surface area contributed by atoms with E-state index in [1.807, 2.05) is 59.3 Å². The maximum absolute atomic E-state index is 14.4. The minimum absolute atomic E-state index is 0.0176. The van der Waals surface area contributed by atoms with Gasteiger partial charge in [0.2, 0.25) is 11.8 Å². The lowest BCUT2D eigenvalue weighted by Crippen LogP contribution is -2.55. The number of anilines is 3. The molecule has 5 saturated heterocycles. The summed E-state index contributed by atoms with van der Waals surface area (Å²) in [5.41, 5.74) is 1.38. The molecule has 5 fully saturated rings. The number of amides is 4. The molecule has 6 aliphatic heterocycles. The number of carbonyl (C=O) groups excluding carboxylic acids is 4. The minimum atomic E-state index is -6.10. The van der Waals surface area contributed by atoms with E-state index in [1.54, 1.807) is 17.0 Å². The lowest BCUT2D eigenvalue weighted by atomic mass is 9.70. The van der Waals surface area contributed by atoms with Crippen molar-refractivity contribution in [1.29, 1.82) is 0 Å². The van der Waals surface area contributed by atoms with Crippen LogP contribution in [0, 0.1) is 11.3 Å². The van der Waals surface area contributed by atoms with Crippen molar-refractivity contribution in [2.24, 2.45) is 11.3 Å². The van der Waals surface area contributed by atoms with Gasteiger partial charge in [-0.1, -0.05) is 54.4 Å². The Kier molecular flexibility index (Phi) is 21.6. The molecule has 3 atom stereocenters. The summed E-state index contributed by atoms with van der Waals surface area (Å²) in [4.78, 5) is 66.4. The topological polar surface area (TPSA) is 205 Å². The van der Waals surface area contributed by atoms with E-state index >= 15 is 0 Å². The lowest BCUT2D eigenvalue weighted by Gasteiger charge is -2.48. The first-order chi connectivity index (χ1) is 46.0. The maximum atomic E-state index is 14.4. The van der Waals surface area contributed by atoms with Crippen molar-refractivity contribution in [2.45, 2.75) is 97.1 Å². The number of hydrogen-bond acceptors (Lipinski definition) is 17. The highest BCUT2D eigenvalue weighted by Crippen LogP contribution is 2.45. The number of allylic oxidation sites excluding steroid dienone is 1. The number of piperidine rings is 1. The SMILES string of the molecule is C[C@@]1(CN2CC(CN3CCCN(c4ccc5c(c4)CN(C4CCC(=O)NC4=O)C5=O)CC3)C2)CCC(c2ccc(Cl)cc2)=C(CN2CCN(c3ccc(C(=O)NS(=O)(=O)c4ccc(N[C@H](CCN5CCCOCC5)CSc5ccccc5)c(S(=O)(=O)C(F)(F)F)c4)cc3)CC2)C1. The molecule has 3 N–H and O–H groups in total. The molecule has 0 spiro atoms. The molecule has 7 aliphatic rings. The van der Waals surface area contributed by atoms with Crippen LogP contribution in [0.2, 0.25) is 5.02 Å². The van der Waals surface area contributed by atoms with Crippen LogP contribution in [0.15, 0.2) is 136 Å². The number of halogens is 4. The maximum Gasteiger partial charge on any atom is 0.501 e. The van der Waals surface area contributed by atoms with Gasteiger partial charge in [0, 0.05) is 162 Å². The summed E-state index contributed by atoms with van der Waals surface area (Å²) in [6.45, 7) is 17.7. The third-order valence-corrected chi connectivity index (χ3v) is 24.2. The zero-order chi connectivity index (χ0) is 67.4. The Morgan fingerprint density at radius 3 is 2.23 bits per heavy atom. The van der Waals surface area contributed by atoms with E-state index in [2.05, 4.69) is 65.2 Å². The molecule has 0 aromatic heterocycles. The van der Waals surface area contributed by atoms with Gasteiger partial charge in [-0.3, -0.25) is 29.4 Å². The van der Waals surface area contributed by atoms with Crippen LogP contribution in [-0.2, 0) is 40.7 Å². The highest BCUT2D eigenvalue weighted by atomic mass is 35.5. The van der Waals surface area contributed by atoms with Crippen LogP contribution >= 0.6 is 23.4 Å². The van der Waals surface area contributed by atoms with Crippen molar-refractivity contribution in [3.63, 3.8) is 0 Å². The predicted molar refractivity (Wildman–Crippen MR) is 367 cm³/mol. The van der Waals surface area contributed by atoms with Crippen molar-refractivity contribution < 1.29 is 53.9 Å². The monoisotopic (exact) mass is 1400 g/mol. The van der Waals surface area contributed by atoms with Gasteiger partial charge in [-0.2, -0.15) is 13.2 Å². The number of imide groups is 1. The van der Waals surface area contributed by atoms with E-state index in [0.29, 0.717) is 87.1 Å². The number of piperazine rings is 1. The van der Waals surface area contributed by atoms with Gasteiger partial charge in [0.05, 0.1) is 17.2 Å². The molecule has 4 amide bonds. The molecule has 514 valence electrons. The number of ether oxygens (including phenoxy) is 1. The van der Waals surface area contributed by atoms with Gasteiger partial charge in [0.1, 0.15) is 10.9 Å². The van der Waals surface area contributed by atoms with Gasteiger partial charge in [0.25, 0.3) is 31.7 Å². The van der Waals surface area contributed by atoms with E-state index in [4.69, 9.17) is 16.3 Å². The molecule has 0 bridgehead atoms. The molecule has 5 aromatic rings. The van der Waals surface area contributed by atoms with Crippen molar-refractivity contribution in [1.82, 2.24) is 34.5 Å². The van der Waals surface area contributed by atoms with Crippen LogP contribution in [0.3, 0.4) is 0 Å². The summed E-state index contributed by atoms with van der Waals surface area (Å²) < 4.78 is 105. The number of carbonyl (C=O) groups is 4. The van der Waals surface area contributed by atoms with Gasteiger partial charge in [-0.05, 0) is 164 Å². The smallest absolute Gasteiger partial charge is 0.380 e. The molecular formula is C70H84ClF3N10O9S3. The molecule has 19 nitrogen and oxygen atoms in total. The number of hydrogen-bond donors (Lipinski definition) is 3. The number of benzene rings is 5. The first-order valence-corrected chi connectivity index (χ1v) is 37.6. The summed E-state index contributed by atoms with van der Waals surface area (Å²) in [6, 6.07) is 31.3. The normalized spacial score (nSPS) is 22.1. The van der Waals surface area contributed by atoms with Crippen LogP contribution in [0.1, 0.15) is 90.1 Å². The van der Waals surface area contributed by atoms with Crippen LogP contribution < -0.4 is 25.2 Å². The average Bonchev–Trinajstić information content (AvgIpc) is 1.52. The number of fused-ring (bicyclic) bond motifs is 1. The van der Waals surface area contributed by atoms with Crippen molar-refractivity contribution in [3.05, 3.63) is 148 Å². The zero-order valence-corrected chi connectivity index (χ0v) is 57.2. The molecule has 0 saturated carbocycles. The Bertz CT molecular complexity index is 3910. The van der Waals surface area contributed by atoms with Gasteiger partial charge < -0.3 is 39.5 Å². The highest BCUT2D eigenvalue weighted by Gasteiger charge is 2.49. The van der Waals surface area contributed by atoms with Crippen LogP contribution in [-0.4, -0.2) is 206 Å². The minimum Gasteiger partial charge on any atom is -0.380 e. The van der Waals surface area contributed by atoms with Crippen molar-refractivity contribution >= 4 is 89.5 Å². The first-order valence-electron chi connectivity index (χ1n) is 33.3. The lowest BCUT2D eigenvalue weighted by molar-refractivity contribution is -0.136. The molecule has 1 unspecified atom stereocenters. The molecule has 96 heavy (non-hydrogen) atoms. The predicted octanol–water partition coefficient (Wildman–Crippen LogP) is 9.11. The molecule has 1 aliphatic carbocycles. The number of alkyl halides is 3. The summed E-state index contributed by atoms with van der Waals surface area (Å²) >= 11 is 7.85. The van der Waals surface area contributed by atoms with Gasteiger partial charge in [-0.15, -0.1) is 11.8 Å². The second-order valence-corrected chi connectivity index (χ2v) is 32.1. The zero-order valence-electron chi connectivity index (χ0n) is 54.0. The molecule has 12 rings (SSSR count). The van der Waals surface area contributed by atoms with Crippen LogP contribution in [0.25, 0.3) is 5.57 Å². The third-order valence-electron chi connectivity index (χ3n) is 19.9. The van der Waals surface area contributed by atoms with E-state index in [9.17, 15) is 49.2 Å². The number of thioether (sulfide) groups is 1. The van der Waals surface area contributed by atoms with Crippen LogP contribution in [0.5, 0.6) is 0 Å². The summed E-state index contributed by atoms with van der Waals surface area (Å²) in [7, 11) is -11.0. The second kappa shape index (κ2) is 29.9. The van der Waals surface area contributed by atoms with Crippen molar-refractivity contribution in [3.8, 4) is 0 Å². The van der Waals surface area contributed by atoms with Crippen molar-refractivity contribution in [2.75, 3.05) is 139 Å². The third kappa shape index (κ3) is 16.6. The standard InChI is InChI=1S/C70H84ClF3N10O9S3/c1-69(48-81-43-49(44-81)42-79-26-5-28-82(33-30-79)57-17-19-61-52(39-57)46-84(68(61)88)63-21-22-65(85)76-67(63)87)25-23-60(50-9-13-54(71)14-10-50)53(41-69)45-80-31-34-83(35-32-80)56-15-11-51(12-16-56)66(86)77-96(91,92)59-18-20-62(64(40-59)95(89,90)70(72,73)74)75-55(47-94-58-7-3-2-4-8-58)24-29-78-27-6-37-93-38-36-78/h2-4,7-20,39-40,49,55,63,75H,5-6,21-38,41-48H2,1H3,(H,77,86)(H,76,85,87)/t55-,63?,69-/m1/s1. The van der Waals surface area contributed by atoms with Crippen LogP contribution in [0.4, 0.5) is 30.2 Å². The fourth-order valence-electron chi connectivity index (χ4n) is 14.7. The fraction of sp³-hybridized carbons (Fsp3) is 0.486. The fourth-order valence-corrected chi connectivity index (χ4v) is 17.9. The Hall–Kier alpha value is -6.55. The molecule has 0 radical (unpaired) electrons. The van der Waals surface area contributed by atoms with Gasteiger partial charge in [-0.25, -0.2) is 21.6 Å². The number of sulfone groups is 1. The number of rotatable bonds is 22. The number of sulfonamides is 1. The molecule has 5 aromatic carbocycles. The summed E-state index contributed by atoms with van der Waals surface area (Å²) in [5.74, 6) is -0.947. The highest BCUT2D eigenvalue weighted by molar-refractivity contribution is 7.99. The van der Waals surface area contributed by atoms with E-state index in [1.165, 1.54) is 40.6 Å². The summed E-state index contributed by atoms with van der Waals surface area (Å²) in [6.07, 6.45) is 5.85. The van der Waals surface area contributed by atoms with Gasteiger partial charge >= 0.3 is 5.51 Å². The number of likely N-dealkylation sites (tertiary alicyclic amines) is 1. The molecule has 26 heteroatoms. The first kappa shape index (κ1) is 69.4. The summed E-state index contributed by atoms with van der Waals surface area (Å²) in [5, 5.41) is 6.11. The Balaban J connectivity index is 0.632. The Morgan fingerprint density at radius 2 is 1.49 bits per heavy atom. The number of nitrogens with zero attached hydrogens (tertiary/aromatic N) is 7. The molecular weight excluding hydrogens is 1310 g/mol. The largest absolute Gasteiger partial charge is 0.501 e. The quantitative estimate of drug-likeness (QED) is 0.0437. The second-order valence-electron chi connectivity index (χ2n) is 26.9. The average molecular weight is 1400 g/mol.